The Morgan fingerprint density at radius 3 is 2.89 bits per heavy atom. The zero-order valence-corrected chi connectivity index (χ0v) is 12.0. The van der Waals surface area contributed by atoms with Crippen LogP contribution in [-0.2, 0) is 14.2 Å². The van der Waals surface area contributed by atoms with E-state index in [0.29, 0.717) is 17.9 Å². The maximum atomic E-state index is 6.59. The van der Waals surface area contributed by atoms with Crippen LogP contribution in [0.4, 0.5) is 0 Å². The zero-order chi connectivity index (χ0) is 13.3. The van der Waals surface area contributed by atoms with Gasteiger partial charge in [-0.2, -0.15) is 0 Å². The molecule has 0 saturated carbocycles. The van der Waals surface area contributed by atoms with E-state index in [4.69, 9.17) is 19.9 Å². The lowest BCUT2D eigenvalue weighted by atomic mass is 9.75. The Kier molecular flexibility index (Phi) is 4.13. The van der Waals surface area contributed by atoms with Crippen molar-refractivity contribution in [2.24, 2.45) is 17.6 Å². The van der Waals surface area contributed by atoms with Gasteiger partial charge >= 0.3 is 0 Å². The summed E-state index contributed by atoms with van der Waals surface area (Å²) in [4.78, 5) is 0. The quantitative estimate of drug-likeness (QED) is 0.847. The molecular weight excluding hydrogens is 242 g/mol. The molecule has 110 valence electrons. The summed E-state index contributed by atoms with van der Waals surface area (Å²) in [5.74, 6) is 1.10. The molecule has 3 rings (SSSR count). The first-order valence-corrected chi connectivity index (χ1v) is 7.83. The van der Waals surface area contributed by atoms with Gasteiger partial charge in [-0.3, -0.25) is 0 Å². The minimum atomic E-state index is -0.0261. The van der Waals surface area contributed by atoms with Gasteiger partial charge in [-0.1, -0.05) is 6.92 Å². The average Bonchev–Trinajstić information content (AvgIpc) is 3.07. The van der Waals surface area contributed by atoms with Gasteiger partial charge in [0.25, 0.3) is 0 Å². The maximum Gasteiger partial charge on any atom is 0.0939 e. The molecule has 3 aliphatic heterocycles. The van der Waals surface area contributed by atoms with E-state index in [1.165, 1.54) is 0 Å². The average molecular weight is 269 g/mol. The maximum absolute atomic E-state index is 6.59. The molecule has 5 unspecified atom stereocenters. The van der Waals surface area contributed by atoms with E-state index in [0.717, 1.165) is 58.5 Å². The molecular formula is C15H27NO3. The van der Waals surface area contributed by atoms with Crippen LogP contribution in [0.2, 0.25) is 0 Å². The van der Waals surface area contributed by atoms with Gasteiger partial charge in [-0.05, 0) is 31.6 Å². The zero-order valence-electron chi connectivity index (χ0n) is 12.0. The third-order valence-corrected chi connectivity index (χ3v) is 5.30. The van der Waals surface area contributed by atoms with E-state index < -0.39 is 0 Å². The highest BCUT2D eigenvalue weighted by molar-refractivity contribution is 4.96. The van der Waals surface area contributed by atoms with Gasteiger partial charge in [-0.15, -0.1) is 0 Å². The Morgan fingerprint density at radius 1 is 1.26 bits per heavy atom. The molecule has 0 aromatic heterocycles. The van der Waals surface area contributed by atoms with Crippen molar-refractivity contribution in [3.05, 3.63) is 0 Å². The molecule has 0 aliphatic carbocycles. The predicted octanol–water partition coefficient (Wildman–Crippen LogP) is 1.71. The molecule has 2 N–H and O–H groups in total. The first-order chi connectivity index (χ1) is 9.24. The standard InChI is InChI=1S/C15H27NO3/c1-2-13-12(4-6-18-13)14(16)11-3-7-19-15(9-11)5-8-17-10-15/h11-14H,2-10,16H2,1H3. The molecule has 4 heteroatoms. The van der Waals surface area contributed by atoms with Gasteiger partial charge in [0.05, 0.1) is 18.3 Å². The lowest BCUT2D eigenvalue weighted by Crippen LogP contribution is -2.49. The van der Waals surface area contributed by atoms with Crippen molar-refractivity contribution in [1.29, 1.82) is 0 Å². The number of hydrogen-bond acceptors (Lipinski definition) is 4. The summed E-state index contributed by atoms with van der Waals surface area (Å²) in [5, 5.41) is 0. The molecule has 4 nitrogen and oxygen atoms in total. The molecule has 5 atom stereocenters. The number of ether oxygens (including phenoxy) is 3. The van der Waals surface area contributed by atoms with Crippen LogP contribution >= 0.6 is 0 Å². The van der Waals surface area contributed by atoms with Crippen LogP contribution in [0, 0.1) is 11.8 Å². The van der Waals surface area contributed by atoms with E-state index in [1.807, 2.05) is 0 Å². The van der Waals surface area contributed by atoms with Crippen molar-refractivity contribution in [2.45, 2.75) is 56.8 Å². The van der Waals surface area contributed by atoms with Crippen molar-refractivity contribution in [2.75, 3.05) is 26.4 Å². The third-order valence-electron chi connectivity index (χ3n) is 5.30. The first kappa shape index (κ1) is 13.8. The molecule has 3 aliphatic rings. The molecule has 3 heterocycles. The third kappa shape index (κ3) is 2.68. The topological polar surface area (TPSA) is 53.7 Å². The van der Waals surface area contributed by atoms with Crippen molar-refractivity contribution in [1.82, 2.24) is 0 Å². The Bertz CT molecular complexity index is 304. The van der Waals surface area contributed by atoms with E-state index in [1.54, 1.807) is 0 Å². The van der Waals surface area contributed by atoms with E-state index >= 15 is 0 Å². The van der Waals surface area contributed by atoms with Gasteiger partial charge < -0.3 is 19.9 Å². The first-order valence-electron chi connectivity index (χ1n) is 7.83. The number of rotatable bonds is 3. The molecule has 3 fully saturated rings. The van der Waals surface area contributed by atoms with Gasteiger partial charge in [0.15, 0.2) is 0 Å². The Hall–Kier alpha value is -0.160. The van der Waals surface area contributed by atoms with Crippen LogP contribution < -0.4 is 5.73 Å². The highest BCUT2D eigenvalue weighted by Gasteiger charge is 2.45. The fourth-order valence-electron chi connectivity index (χ4n) is 4.13. The smallest absolute Gasteiger partial charge is 0.0939 e. The van der Waals surface area contributed by atoms with E-state index in [9.17, 15) is 0 Å². The second-order valence-electron chi connectivity index (χ2n) is 6.43. The lowest BCUT2D eigenvalue weighted by Gasteiger charge is -2.41. The van der Waals surface area contributed by atoms with Crippen molar-refractivity contribution < 1.29 is 14.2 Å². The van der Waals surface area contributed by atoms with Gasteiger partial charge in [-0.25, -0.2) is 0 Å². The summed E-state index contributed by atoms with van der Waals surface area (Å²) in [6.45, 7) is 5.52. The molecule has 19 heavy (non-hydrogen) atoms. The summed E-state index contributed by atoms with van der Waals surface area (Å²) < 4.78 is 17.4. The normalized spacial score (nSPS) is 44.8. The summed E-state index contributed by atoms with van der Waals surface area (Å²) in [7, 11) is 0. The summed E-state index contributed by atoms with van der Waals surface area (Å²) in [6, 6.07) is 0.258. The predicted molar refractivity (Wildman–Crippen MR) is 73.0 cm³/mol. The number of hydrogen-bond donors (Lipinski definition) is 1. The molecule has 0 aromatic carbocycles. The van der Waals surface area contributed by atoms with E-state index in [2.05, 4.69) is 6.92 Å². The molecule has 0 amide bonds. The summed E-state index contributed by atoms with van der Waals surface area (Å²) >= 11 is 0. The van der Waals surface area contributed by atoms with Crippen LogP contribution in [0.1, 0.15) is 39.0 Å². The molecule has 1 spiro atoms. The largest absolute Gasteiger partial charge is 0.378 e. The minimum Gasteiger partial charge on any atom is -0.378 e. The Morgan fingerprint density at radius 2 is 2.16 bits per heavy atom. The minimum absolute atomic E-state index is 0.0261. The molecule has 0 bridgehead atoms. The highest BCUT2D eigenvalue weighted by Crippen LogP contribution is 2.40. The van der Waals surface area contributed by atoms with Crippen LogP contribution in [0.5, 0.6) is 0 Å². The van der Waals surface area contributed by atoms with Gasteiger partial charge in [0.2, 0.25) is 0 Å². The SMILES string of the molecule is CCC1OCCC1C(N)C1CCOC2(CCOC2)C1. The highest BCUT2D eigenvalue weighted by atomic mass is 16.6. The van der Waals surface area contributed by atoms with Crippen LogP contribution in [0.15, 0.2) is 0 Å². The number of nitrogens with two attached hydrogens (primary N) is 1. The van der Waals surface area contributed by atoms with Crippen LogP contribution in [0.3, 0.4) is 0 Å². The van der Waals surface area contributed by atoms with Crippen molar-refractivity contribution in [3.8, 4) is 0 Å². The fourth-order valence-corrected chi connectivity index (χ4v) is 4.13. The van der Waals surface area contributed by atoms with Crippen LogP contribution in [0.25, 0.3) is 0 Å². The second-order valence-corrected chi connectivity index (χ2v) is 6.43. The fraction of sp³-hybridized carbons (Fsp3) is 1.00. The molecule has 3 saturated heterocycles. The van der Waals surface area contributed by atoms with E-state index in [-0.39, 0.29) is 11.6 Å². The van der Waals surface area contributed by atoms with Gasteiger partial charge in [0, 0.05) is 38.2 Å². The Balaban J connectivity index is 1.64. The van der Waals surface area contributed by atoms with Crippen LogP contribution in [-0.4, -0.2) is 44.2 Å². The summed E-state index contributed by atoms with van der Waals surface area (Å²) in [6.07, 6.45) is 5.77. The second kappa shape index (κ2) is 5.68. The summed E-state index contributed by atoms with van der Waals surface area (Å²) in [5.41, 5.74) is 6.57. The van der Waals surface area contributed by atoms with Gasteiger partial charge in [0.1, 0.15) is 0 Å². The lowest BCUT2D eigenvalue weighted by molar-refractivity contribution is -0.105. The monoisotopic (exact) mass is 269 g/mol. The molecule has 0 aromatic rings. The molecule has 0 radical (unpaired) electrons. The Labute approximate surface area is 116 Å². The van der Waals surface area contributed by atoms with Crippen molar-refractivity contribution >= 4 is 0 Å². The van der Waals surface area contributed by atoms with Crippen molar-refractivity contribution in [3.63, 3.8) is 0 Å².